The van der Waals surface area contributed by atoms with Crippen LogP contribution in [0.1, 0.15) is 10.4 Å². The minimum Gasteiger partial charge on any atom is -0.398 e. The summed E-state index contributed by atoms with van der Waals surface area (Å²) in [4.78, 5) is 25.5. The van der Waals surface area contributed by atoms with Crippen molar-refractivity contribution >= 4 is 23.2 Å². The minimum absolute atomic E-state index is 0.130. The second-order valence-electron chi connectivity index (χ2n) is 4.05. The molecular weight excluding hydrogens is 222 g/mol. The van der Waals surface area contributed by atoms with Gasteiger partial charge in [0.15, 0.2) is 0 Å². The predicted octanol–water partition coefficient (Wildman–Crippen LogP) is 0.0194. The molecule has 2 aliphatic rings. The standard InChI is InChI=1S/C11H11N3O3/c12-6-2-1-3-7-9(6)11(16)14-5-17-4-8(14)10(15)13-7/h1-3,8H,4-5,12H2,(H,13,15). The third-order valence-corrected chi connectivity index (χ3v) is 3.01. The molecule has 6 nitrogen and oxygen atoms in total. The molecule has 2 aliphatic heterocycles. The molecule has 2 heterocycles. The van der Waals surface area contributed by atoms with E-state index in [9.17, 15) is 9.59 Å². The van der Waals surface area contributed by atoms with Gasteiger partial charge in [0.05, 0.1) is 17.9 Å². The number of carbonyl (C=O) groups excluding carboxylic acids is 2. The van der Waals surface area contributed by atoms with Gasteiger partial charge in [0.2, 0.25) is 5.91 Å². The highest BCUT2D eigenvalue weighted by atomic mass is 16.5. The summed E-state index contributed by atoms with van der Waals surface area (Å²) in [7, 11) is 0. The Morgan fingerprint density at radius 1 is 1.41 bits per heavy atom. The highest BCUT2D eigenvalue weighted by Gasteiger charge is 2.39. The molecule has 0 saturated carbocycles. The van der Waals surface area contributed by atoms with Crippen LogP contribution in [0.4, 0.5) is 11.4 Å². The third kappa shape index (κ3) is 1.38. The van der Waals surface area contributed by atoms with Crippen molar-refractivity contribution in [3.05, 3.63) is 23.8 Å². The molecule has 0 spiro atoms. The molecule has 6 heteroatoms. The fourth-order valence-electron chi connectivity index (χ4n) is 2.13. The first kappa shape index (κ1) is 10.1. The summed E-state index contributed by atoms with van der Waals surface area (Å²) in [6.45, 7) is 0.357. The average Bonchev–Trinajstić information content (AvgIpc) is 2.73. The van der Waals surface area contributed by atoms with Crippen LogP contribution in [0.5, 0.6) is 0 Å². The maximum absolute atomic E-state index is 12.3. The molecule has 2 amide bonds. The van der Waals surface area contributed by atoms with Crippen LogP contribution in [0, 0.1) is 0 Å². The third-order valence-electron chi connectivity index (χ3n) is 3.01. The fourth-order valence-corrected chi connectivity index (χ4v) is 2.13. The summed E-state index contributed by atoms with van der Waals surface area (Å²) in [5, 5.41) is 2.70. The maximum Gasteiger partial charge on any atom is 0.260 e. The monoisotopic (exact) mass is 233 g/mol. The fraction of sp³-hybridized carbons (Fsp3) is 0.273. The lowest BCUT2D eigenvalue weighted by Crippen LogP contribution is -2.41. The van der Waals surface area contributed by atoms with Gasteiger partial charge in [-0.05, 0) is 12.1 Å². The van der Waals surface area contributed by atoms with Gasteiger partial charge in [-0.3, -0.25) is 9.59 Å². The van der Waals surface area contributed by atoms with E-state index in [1.807, 2.05) is 0 Å². The number of carbonyl (C=O) groups is 2. The Balaban J connectivity index is 2.16. The number of nitrogens with two attached hydrogens (primary N) is 1. The number of nitrogens with one attached hydrogen (secondary N) is 1. The number of fused-ring (bicyclic) bond motifs is 2. The van der Waals surface area contributed by atoms with Crippen molar-refractivity contribution in [1.29, 1.82) is 0 Å². The van der Waals surface area contributed by atoms with Crippen LogP contribution in [-0.2, 0) is 9.53 Å². The van der Waals surface area contributed by atoms with E-state index in [1.165, 1.54) is 4.90 Å². The number of hydrogen-bond acceptors (Lipinski definition) is 4. The van der Waals surface area contributed by atoms with Crippen LogP contribution < -0.4 is 11.1 Å². The molecule has 1 unspecified atom stereocenters. The molecule has 88 valence electrons. The number of nitrogen functional groups attached to an aromatic ring is 1. The lowest BCUT2D eigenvalue weighted by Gasteiger charge is -2.17. The second kappa shape index (κ2) is 3.46. The molecule has 0 bridgehead atoms. The minimum atomic E-state index is -0.561. The van der Waals surface area contributed by atoms with Gasteiger partial charge in [0.25, 0.3) is 5.91 Å². The van der Waals surface area contributed by atoms with Crippen LogP contribution in [0.15, 0.2) is 18.2 Å². The van der Waals surface area contributed by atoms with Gasteiger partial charge in [-0.25, -0.2) is 0 Å². The van der Waals surface area contributed by atoms with Crippen LogP contribution in [-0.4, -0.2) is 36.1 Å². The van der Waals surface area contributed by atoms with Gasteiger partial charge in [0.1, 0.15) is 12.8 Å². The normalized spacial score (nSPS) is 22.8. The number of amides is 2. The number of nitrogens with zero attached hydrogens (tertiary/aromatic N) is 1. The van der Waals surface area contributed by atoms with Gasteiger partial charge in [-0.2, -0.15) is 0 Å². The van der Waals surface area contributed by atoms with E-state index in [0.717, 1.165) is 0 Å². The van der Waals surface area contributed by atoms with E-state index in [0.29, 0.717) is 16.9 Å². The van der Waals surface area contributed by atoms with Gasteiger partial charge in [0, 0.05) is 5.69 Å². The Kier molecular flexibility index (Phi) is 2.05. The van der Waals surface area contributed by atoms with Gasteiger partial charge < -0.3 is 20.7 Å². The van der Waals surface area contributed by atoms with Crippen molar-refractivity contribution in [2.24, 2.45) is 0 Å². The quantitative estimate of drug-likeness (QED) is 0.619. The highest BCUT2D eigenvalue weighted by Crippen LogP contribution is 2.29. The molecule has 0 aromatic heterocycles. The molecular formula is C11H11N3O3. The van der Waals surface area contributed by atoms with E-state index in [2.05, 4.69) is 5.32 Å². The van der Waals surface area contributed by atoms with Crippen molar-refractivity contribution in [2.45, 2.75) is 6.04 Å². The first-order valence-electron chi connectivity index (χ1n) is 5.26. The zero-order valence-corrected chi connectivity index (χ0v) is 8.97. The molecule has 3 N–H and O–H groups in total. The summed E-state index contributed by atoms with van der Waals surface area (Å²) in [6, 6.07) is 4.45. The van der Waals surface area contributed by atoms with Gasteiger partial charge in [-0.1, -0.05) is 6.07 Å². The lowest BCUT2D eigenvalue weighted by molar-refractivity contribution is -0.119. The molecule has 1 fully saturated rings. The predicted molar refractivity (Wildman–Crippen MR) is 60.3 cm³/mol. The molecule has 1 aromatic rings. The van der Waals surface area contributed by atoms with Crippen molar-refractivity contribution in [3.63, 3.8) is 0 Å². The molecule has 3 rings (SSSR count). The molecule has 1 aromatic carbocycles. The number of benzene rings is 1. The summed E-state index contributed by atoms with van der Waals surface area (Å²) in [5.41, 5.74) is 6.96. The first-order valence-corrected chi connectivity index (χ1v) is 5.26. The zero-order chi connectivity index (χ0) is 12.0. The Bertz CT molecular complexity index is 515. The lowest BCUT2D eigenvalue weighted by atomic mass is 10.1. The van der Waals surface area contributed by atoms with Crippen LogP contribution in [0.2, 0.25) is 0 Å². The van der Waals surface area contributed by atoms with E-state index in [1.54, 1.807) is 18.2 Å². The number of anilines is 2. The van der Waals surface area contributed by atoms with Crippen LogP contribution in [0.3, 0.4) is 0 Å². The van der Waals surface area contributed by atoms with E-state index < -0.39 is 6.04 Å². The summed E-state index contributed by atoms with van der Waals surface area (Å²) >= 11 is 0. The molecule has 0 aliphatic carbocycles. The summed E-state index contributed by atoms with van der Waals surface area (Å²) in [5.74, 6) is -0.501. The van der Waals surface area contributed by atoms with Crippen LogP contribution in [0.25, 0.3) is 0 Å². The van der Waals surface area contributed by atoms with Crippen molar-refractivity contribution in [2.75, 3.05) is 24.4 Å². The molecule has 1 saturated heterocycles. The maximum atomic E-state index is 12.3. The second-order valence-corrected chi connectivity index (χ2v) is 4.05. The molecule has 17 heavy (non-hydrogen) atoms. The Morgan fingerprint density at radius 3 is 3.06 bits per heavy atom. The average molecular weight is 233 g/mol. The summed E-state index contributed by atoms with van der Waals surface area (Å²) < 4.78 is 5.15. The molecule has 1 atom stereocenters. The smallest absolute Gasteiger partial charge is 0.260 e. The first-order chi connectivity index (χ1) is 8.18. The largest absolute Gasteiger partial charge is 0.398 e. The number of hydrogen-bond donors (Lipinski definition) is 2. The topological polar surface area (TPSA) is 84.7 Å². The van der Waals surface area contributed by atoms with E-state index >= 15 is 0 Å². The molecule has 0 radical (unpaired) electrons. The Morgan fingerprint density at radius 2 is 2.24 bits per heavy atom. The van der Waals surface area contributed by atoms with Gasteiger partial charge >= 0.3 is 0 Å². The Hall–Kier alpha value is -2.08. The van der Waals surface area contributed by atoms with E-state index in [4.69, 9.17) is 10.5 Å². The Labute approximate surface area is 97.3 Å². The number of ether oxygens (including phenoxy) is 1. The summed E-state index contributed by atoms with van der Waals surface area (Å²) in [6.07, 6.45) is 0. The van der Waals surface area contributed by atoms with Crippen molar-refractivity contribution in [1.82, 2.24) is 4.90 Å². The van der Waals surface area contributed by atoms with Gasteiger partial charge in [-0.15, -0.1) is 0 Å². The van der Waals surface area contributed by atoms with Crippen LogP contribution >= 0.6 is 0 Å². The number of rotatable bonds is 0. The SMILES string of the molecule is Nc1cccc2c1C(=O)N1COCC1C(=O)N2. The van der Waals surface area contributed by atoms with Crippen molar-refractivity contribution < 1.29 is 14.3 Å². The zero-order valence-electron chi connectivity index (χ0n) is 8.97. The highest BCUT2D eigenvalue weighted by molar-refractivity contribution is 6.12. The van der Waals surface area contributed by atoms with E-state index in [-0.39, 0.29) is 25.2 Å². The van der Waals surface area contributed by atoms with Crippen molar-refractivity contribution in [3.8, 4) is 0 Å².